The van der Waals surface area contributed by atoms with Gasteiger partial charge >= 0.3 is 0 Å². The normalized spacial score (nSPS) is 16.9. The molecule has 3 heteroatoms. The number of hydrogen-bond acceptors (Lipinski definition) is 3. The molecule has 1 aromatic rings. The molecular weight excluding hydrogens is 228 g/mol. The third kappa shape index (κ3) is 1.88. The molecule has 1 aliphatic heterocycles. The Labute approximate surface area is 108 Å². The van der Waals surface area contributed by atoms with E-state index in [1.54, 1.807) is 6.92 Å². The van der Waals surface area contributed by atoms with E-state index in [1.807, 2.05) is 20.8 Å². The molecule has 3 nitrogen and oxygen atoms in total. The van der Waals surface area contributed by atoms with Gasteiger partial charge in [-0.3, -0.25) is 4.79 Å². The van der Waals surface area contributed by atoms with Crippen molar-refractivity contribution in [3.63, 3.8) is 0 Å². The molecule has 0 radical (unpaired) electrons. The molecule has 0 spiro atoms. The molecule has 1 aliphatic rings. The number of aromatic hydroxyl groups is 1. The van der Waals surface area contributed by atoms with E-state index in [9.17, 15) is 9.90 Å². The fourth-order valence-electron chi connectivity index (χ4n) is 2.63. The van der Waals surface area contributed by atoms with Crippen LogP contribution in [0.3, 0.4) is 0 Å². The molecule has 0 saturated heterocycles. The number of benzene rings is 1. The molecule has 0 bridgehead atoms. The summed E-state index contributed by atoms with van der Waals surface area (Å²) in [5.41, 5.74) is 2.70. The highest BCUT2D eigenvalue weighted by Gasteiger charge is 2.32. The zero-order valence-corrected chi connectivity index (χ0v) is 11.7. The van der Waals surface area contributed by atoms with Crippen molar-refractivity contribution in [1.82, 2.24) is 0 Å². The van der Waals surface area contributed by atoms with Crippen molar-refractivity contribution in [2.24, 2.45) is 0 Å². The van der Waals surface area contributed by atoms with Crippen molar-refractivity contribution in [3.8, 4) is 11.5 Å². The minimum absolute atomic E-state index is 0.0586. The molecule has 0 aliphatic carbocycles. The summed E-state index contributed by atoms with van der Waals surface area (Å²) in [5, 5.41) is 10.1. The largest absolute Gasteiger partial charge is 0.507 e. The molecule has 0 unspecified atom stereocenters. The highest BCUT2D eigenvalue weighted by molar-refractivity contribution is 6.00. The number of carbonyl (C=O) groups is 1. The topological polar surface area (TPSA) is 46.5 Å². The minimum atomic E-state index is -0.257. The lowest BCUT2D eigenvalue weighted by molar-refractivity contribution is 0.0803. The van der Waals surface area contributed by atoms with E-state index in [-0.39, 0.29) is 17.1 Å². The zero-order chi connectivity index (χ0) is 13.7. The molecule has 2 rings (SSSR count). The van der Waals surface area contributed by atoms with E-state index in [1.165, 1.54) is 6.92 Å². The molecule has 0 atom stereocenters. The summed E-state index contributed by atoms with van der Waals surface area (Å²) >= 11 is 0. The van der Waals surface area contributed by atoms with Gasteiger partial charge in [-0.05, 0) is 53.0 Å². The average Bonchev–Trinajstić information content (AvgIpc) is 2.24. The number of Topliss-reactive ketones (excluding diaryl/α,β-unsaturated/α-hetero) is 1. The van der Waals surface area contributed by atoms with Gasteiger partial charge in [0.25, 0.3) is 0 Å². The van der Waals surface area contributed by atoms with Crippen LogP contribution in [0.15, 0.2) is 0 Å². The van der Waals surface area contributed by atoms with E-state index in [2.05, 4.69) is 0 Å². The number of rotatable bonds is 1. The Morgan fingerprint density at radius 1 is 1.28 bits per heavy atom. The van der Waals surface area contributed by atoms with Gasteiger partial charge in [-0.25, -0.2) is 0 Å². The van der Waals surface area contributed by atoms with E-state index < -0.39 is 0 Å². The fraction of sp³-hybridized carbons (Fsp3) is 0.533. The predicted octanol–water partition coefficient (Wildman–Crippen LogP) is 3.32. The third-order valence-electron chi connectivity index (χ3n) is 3.75. The average molecular weight is 248 g/mol. The van der Waals surface area contributed by atoms with Gasteiger partial charge in [-0.1, -0.05) is 0 Å². The zero-order valence-electron chi connectivity index (χ0n) is 11.7. The van der Waals surface area contributed by atoms with E-state index in [0.29, 0.717) is 16.9 Å². The van der Waals surface area contributed by atoms with Crippen LogP contribution in [0.4, 0.5) is 0 Å². The predicted molar refractivity (Wildman–Crippen MR) is 70.6 cm³/mol. The van der Waals surface area contributed by atoms with Gasteiger partial charge in [-0.15, -0.1) is 0 Å². The molecule has 0 fully saturated rings. The third-order valence-corrected chi connectivity index (χ3v) is 3.75. The van der Waals surface area contributed by atoms with Crippen molar-refractivity contribution in [2.75, 3.05) is 0 Å². The van der Waals surface area contributed by atoms with Crippen LogP contribution in [-0.4, -0.2) is 16.5 Å². The number of ether oxygens (including phenoxy) is 1. The second-order valence-corrected chi connectivity index (χ2v) is 5.70. The first-order chi connectivity index (χ1) is 8.24. The van der Waals surface area contributed by atoms with E-state index in [0.717, 1.165) is 24.0 Å². The first-order valence-corrected chi connectivity index (χ1v) is 6.29. The molecular formula is C15H20O3. The first kappa shape index (κ1) is 12.9. The minimum Gasteiger partial charge on any atom is -0.507 e. The van der Waals surface area contributed by atoms with Crippen LogP contribution in [0.1, 0.15) is 54.2 Å². The summed E-state index contributed by atoms with van der Waals surface area (Å²) < 4.78 is 6.00. The lowest BCUT2D eigenvalue weighted by atomic mass is 9.87. The molecule has 18 heavy (non-hydrogen) atoms. The summed E-state index contributed by atoms with van der Waals surface area (Å²) in [5.74, 6) is 0.838. The standard InChI is InChI=1S/C15H20O3/c1-8-11-6-7-15(4,5)18-14(11)12(10(3)16)9(2)13(8)17/h17H,6-7H2,1-5H3. The quantitative estimate of drug-likeness (QED) is 0.775. The van der Waals surface area contributed by atoms with Crippen molar-refractivity contribution in [3.05, 3.63) is 22.3 Å². The van der Waals surface area contributed by atoms with Crippen LogP contribution in [0.25, 0.3) is 0 Å². The maximum absolute atomic E-state index is 11.8. The summed E-state index contributed by atoms with van der Waals surface area (Å²) in [6.45, 7) is 9.22. The molecule has 0 aromatic heterocycles. The van der Waals surface area contributed by atoms with Gasteiger partial charge in [0.05, 0.1) is 5.56 Å². The summed E-state index contributed by atoms with van der Waals surface area (Å²) in [7, 11) is 0. The van der Waals surface area contributed by atoms with Crippen LogP contribution in [0.2, 0.25) is 0 Å². The Hall–Kier alpha value is -1.51. The van der Waals surface area contributed by atoms with E-state index >= 15 is 0 Å². The van der Waals surface area contributed by atoms with Gasteiger partial charge < -0.3 is 9.84 Å². The van der Waals surface area contributed by atoms with Gasteiger partial charge in [0.2, 0.25) is 0 Å². The van der Waals surface area contributed by atoms with Gasteiger partial charge in [-0.2, -0.15) is 0 Å². The van der Waals surface area contributed by atoms with Crippen LogP contribution >= 0.6 is 0 Å². The lowest BCUT2D eigenvalue weighted by Crippen LogP contribution is -2.34. The molecule has 1 N–H and O–H groups in total. The molecule has 1 heterocycles. The number of phenols is 1. The monoisotopic (exact) mass is 248 g/mol. The van der Waals surface area contributed by atoms with Gasteiger partial charge in [0.15, 0.2) is 5.78 Å². The van der Waals surface area contributed by atoms with Crippen LogP contribution < -0.4 is 4.74 Å². The lowest BCUT2D eigenvalue weighted by Gasteiger charge is -2.35. The SMILES string of the molecule is CC(=O)c1c(C)c(O)c(C)c2c1OC(C)(C)CC2. The number of ketones is 1. The second-order valence-electron chi connectivity index (χ2n) is 5.70. The van der Waals surface area contributed by atoms with Crippen LogP contribution in [0, 0.1) is 13.8 Å². The Balaban J connectivity index is 2.75. The maximum atomic E-state index is 11.8. The Morgan fingerprint density at radius 3 is 2.44 bits per heavy atom. The molecule has 1 aromatic carbocycles. The first-order valence-electron chi connectivity index (χ1n) is 6.29. The number of hydrogen-bond donors (Lipinski definition) is 1. The fourth-order valence-corrected chi connectivity index (χ4v) is 2.63. The summed E-state index contributed by atoms with van der Waals surface area (Å²) in [6, 6.07) is 0. The van der Waals surface area contributed by atoms with Gasteiger partial charge in [0.1, 0.15) is 17.1 Å². The summed E-state index contributed by atoms with van der Waals surface area (Å²) in [4.78, 5) is 11.8. The molecule has 0 amide bonds. The number of phenolic OH excluding ortho intramolecular Hbond substituents is 1. The Bertz CT molecular complexity index is 527. The van der Waals surface area contributed by atoms with Crippen molar-refractivity contribution in [1.29, 1.82) is 0 Å². The van der Waals surface area contributed by atoms with Crippen molar-refractivity contribution in [2.45, 2.75) is 53.1 Å². The van der Waals surface area contributed by atoms with Crippen LogP contribution in [0.5, 0.6) is 11.5 Å². The Morgan fingerprint density at radius 2 is 1.89 bits per heavy atom. The molecule has 98 valence electrons. The van der Waals surface area contributed by atoms with Crippen molar-refractivity contribution < 1.29 is 14.6 Å². The smallest absolute Gasteiger partial charge is 0.163 e. The number of carbonyl (C=O) groups excluding carboxylic acids is 1. The molecule has 0 saturated carbocycles. The highest BCUT2D eigenvalue weighted by atomic mass is 16.5. The highest BCUT2D eigenvalue weighted by Crippen LogP contribution is 2.43. The second kappa shape index (κ2) is 4.01. The maximum Gasteiger partial charge on any atom is 0.163 e. The number of fused-ring (bicyclic) bond motifs is 1. The van der Waals surface area contributed by atoms with Crippen molar-refractivity contribution >= 4 is 5.78 Å². The van der Waals surface area contributed by atoms with E-state index in [4.69, 9.17) is 4.74 Å². The van der Waals surface area contributed by atoms with Gasteiger partial charge in [0, 0.05) is 11.1 Å². The Kier molecular flexibility index (Phi) is 2.88. The van der Waals surface area contributed by atoms with Crippen LogP contribution in [-0.2, 0) is 6.42 Å². The summed E-state index contributed by atoms with van der Waals surface area (Å²) in [6.07, 6.45) is 1.73.